The zero-order valence-electron chi connectivity index (χ0n) is 9.56. The van der Waals surface area contributed by atoms with Crippen LogP contribution in [0.15, 0.2) is 0 Å². The van der Waals surface area contributed by atoms with Gasteiger partial charge in [-0.2, -0.15) is 0 Å². The second-order valence-corrected chi connectivity index (χ2v) is 5.61. The van der Waals surface area contributed by atoms with Gasteiger partial charge in [0.25, 0.3) is 0 Å². The lowest BCUT2D eigenvalue weighted by molar-refractivity contribution is 0.00134. The van der Waals surface area contributed by atoms with Crippen LogP contribution in [0.2, 0.25) is 0 Å². The van der Waals surface area contributed by atoms with Crippen molar-refractivity contribution in [2.75, 3.05) is 13.1 Å². The van der Waals surface area contributed by atoms with Gasteiger partial charge in [-0.1, -0.05) is 0 Å². The number of carbonyl (C=O) groups is 1. The molecule has 0 aromatic rings. The highest BCUT2D eigenvalue weighted by Crippen LogP contribution is 2.45. The quantitative estimate of drug-likeness (QED) is 0.658. The third-order valence-electron chi connectivity index (χ3n) is 2.99. The van der Waals surface area contributed by atoms with E-state index in [-0.39, 0.29) is 12.2 Å². The van der Waals surface area contributed by atoms with E-state index >= 15 is 0 Å². The molecule has 2 aliphatic rings. The van der Waals surface area contributed by atoms with Gasteiger partial charge in [0.2, 0.25) is 0 Å². The molecule has 86 valence electrons. The molecule has 0 unspecified atom stereocenters. The fourth-order valence-corrected chi connectivity index (χ4v) is 2.15. The molecule has 1 amide bonds. The number of ether oxygens (including phenoxy) is 1. The third kappa shape index (κ3) is 2.43. The van der Waals surface area contributed by atoms with Crippen molar-refractivity contribution in [3.05, 3.63) is 0 Å². The number of nitrogens with zero attached hydrogens (tertiary/aromatic N) is 1. The average molecular weight is 213 g/mol. The summed E-state index contributed by atoms with van der Waals surface area (Å²) in [6, 6.07) is 0. The molecule has 4 nitrogen and oxygen atoms in total. The number of β-amino-alcohol motifs (C(OH)–C–C–N with tert-alkyl or cyclic N) is 1. The summed E-state index contributed by atoms with van der Waals surface area (Å²) in [4.78, 5) is 13.3. The molecule has 0 radical (unpaired) electrons. The van der Waals surface area contributed by atoms with Crippen molar-refractivity contribution in [2.45, 2.75) is 38.9 Å². The summed E-state index contributed by atoms with van der Waals surface area (Å²) >= 11 is 0. The zero-order valence-corrected chi connectivity index (χ0v) is 9.56. The number of hydrogen-bond donors (Lipinski definition) is 1. The van der Waals surface area contributed by atoms with E-state index in [1.54, 1.807) is 4.90 Å². The molecule has 1 saturated carbocycles. The standard InChI is InChI=1S/C11H19NO3/c1-11(2,3)15-10(14)12-5-7-4-8(7)9(13)6-12/h7-9,13H,4-6H2,1-3H3/t7-,8-,9+/m1/s1. The topological polar surface area (TPSA) is 49.8 Å². The third-order valence-corrected chi connectivity index (χ3v) is 2.99. The summed E-state index contributed by atoms with van der Waals surface area (Å²) < 4.78 is 5.27. The fraction of sp³-hybridized carbons (Fsp3) is 0.909. The van der Waals surface area contributed by atoms with Gasteiger partial charge in [-0.25, -0.2) is 4.79 Å². The van der Waals surface area contributed by atoms with Crippen LogP contribution in [0, 0.1) is 11.8 Å². The Labute approximate surface area is 90.2 Å². The molecule has 4 heteroatoms. The molecule has 0 aromatic heterocycles. The van der Waals surface area contributed by atoms with Gasteiger partial charge in [0.15, 0.2) is 0 Å². The Morgan fingerprint density at radius 1 is 1.40 bits per heavy atom. The van der Waals surface area contributed by atoms with E-state index in [1.165, 1.54) is 0 Å². The van der Waals surface area contributed by atoms with Crippen LogP contribution < -0.4 is 0 Å². The first-order chi connectivity index (χ1) is 6.87. The first kappa shape index (κ1) is 10.7. The highest BCUT2D eigenvalue weighted by atomic mass is 16.6. The zero-order chi connectivity index (χ0) is 11.2. The molecule has 15 heavy (non-hydrogen) atoms. The molecule has 3 atom stereocenters. The number of aliphatic hydroxyl groups excluding tert-OH is 1. The summed E-state index contributed by atoms with van der Waals surface area (Å²) in [5.74, 6) is 0.935. The lowest BCUT2D eigenvalue weighted by atomic mass is 10.1. The molecule has 1 N–H and O–H groups in total. The molecule has 1 aliphatic carbocycles. The highest BCUT2D eigenvalue weighted by Gasteiger charge is 2.48. The van der Waals surface area contributed by atoms with Crippen LogP contribution in [-0.4, -0.2) is 40.9 Å². The lowest BCUT2D eigenvalue weighted by Gasteiger charge is -2.31. The maximum Gasteiger partial charge on any atom is 0.410 e. The van der Waals surface area contributed by atoms with Crippen LogP contribution in [0.4, 0.5) is 4.79 Å². The van der Waals surface area contributed by atoms with E-state index in [1.807, 2.05) is 20.8 Å². The van der Waals surface area contributed by atoms with Gasteiger partial charge in [0.05, 0.1) is 12.6 Å². The smallest absolute Gasteiger partial charge is 0.410 e. The summed E-state index contributed by atoms with van der Waals surface area (Å²) in [6.45, 7) is 6.73. The molecular formula is C11H19NO3. The van der Waals surface area contributed by atoms with Crippen LogP contribution in [0.25, 0.3) is 0 Å². The minimum atomic E-state index is -0.456. The Bertz CT molecular complexity index is 271. The minimum Gasteiger partial charge on any atom is -0.444 e. The summed E-state index contributed by atoms with van der Waals surface area (Å²) in [5, 5.41) is 9.69. The summed E-state index contributed by atoms with van der Waals surface area (Å²) in [6.07, 6.45) is 0.406. The Morgan fingerprint density at radius 2 is 2.07 bits per heavy atom. The predicted octanol–water partition coefficient (Wildman–Crippen LogP) is 1.23. The van der Waals surface area contributed by atoms with E-state index in [0.717, 1.165) is 13.0 Å². The van der Waals surface area contributed by atoms with Gasteiger partial charge >= 0.3 is 6.09 Å². The second-order valence-electron chi connectivity index (χ2n) is 5.61. The fourth-order valence-electron chi connectivity index (χ4n) is 2.15. The maximum atomic E-state index is 11.7. The number of fused-ring (bicyclic) bond motifs is 1. The van der Waals surface area contributed by atoms with Crippen LogP contribution in [0.3, 0.4) is 0 Å². The van der Waals surface area contributed by atoms with Gasteiger partial charge in [-0.3, -0.25) is 0 Å². The van der Waals surface area contributed by atoms with Crippen molar-refractivity contribution in [3.8, 4) is 0 Å². The second kappa shape index (κ2) is 3.37. The Morgan fingerprint density at radius 3 is 2.60 bits per heavy atom. The number of carbonyl (C=O) groups excluding carboxylic acids is 1. The molecule has 2 rings (SSSR count). The number of aliphatic hydroxyl groups is 1. The highest BCUT2D eigenvalue weighted by molar-refractivity contribution is 5.68. The van der Waals surface area contributed by atoms with E-state index in [0.29, 0.717) is 18.4 Å². The van der Waals surface area contributed by atoms with Gasteiger partial charge in [0.1, 0.15) is 5.60 Å². The predicted molar refractivity (Wildman–Crippen MR) is 55.4 cm³/mol. The van der Waals surface area contributed by atoms with Gasteiger partial charge < -0.3 is 14.7 Å². The number of hydrogen-bond acceptors (Lipinski definition) is 3. The lowest BCUT2D eigenvalue weighted by Crippen LogP contribution is -2.45. The van der Waals surface area contributed by atoms with Crippen LogP contribution in [-0.2, 0) is 4.74 Å². The molecule has 1 heterocycles. The molecule has 0 aromatic carbocycles. The minimum absolute atomic E-state index is 0.299. The van der Waals surface area contributed by atoms with Crippen LogP contribution >= 0.6 is 0 Å². The Balaban J connectivity index is 1.90. The Kier molecular flexibility index (Phi) is 2.41. The molecular weight excluding hydrogens is 194 g/mol. The van der Waals surface area contributed by atoms with Crippen molar-refractivity contribution in [3.63, 3.8) is 0 Å². The van der Waals surface area contributed by atoms with E-state index in [2.05, 4.69) is 0 Å². The molecule has 0 bridgehead atoms. The van der Waals surface area contributed by atoms with Crippen molar-refractivity contribution in [1.29, 1.82) is 0 Å². The Hall–Kier alpha value is -0.770. The van der Waals surface area contributed by atoms with E-state index in [9.17, 15) is 9.90 Å². The van der Waals surface area contributed by atoms with Crippen molar-refractivity contribution >= 4 is 6.09 Å². The summed E-state index contributed by atoms with van der Waals surface area (Å²) in [5.41, 5.74) is -0.456. The number of rotatable bonds is 0. The first-order valence-electron chi connectivity index (χ1n) is 5.53. The van der Waals surface area contributed by atoms with Crippen molar-refractivity contribution in [1.82, 2.24) is 4.90 Å². The van der Waals surface area contributed by atoms with Crippen LogP contribution in [0.5, 0.6) is 0 Å². The molecule has 1 aliphatic heterocycles. The van der Waals surface area contributed by atoms with Gasteiger partial charge in [0, 0.05) is 6.54 Å². The van der Waals surface area contributed by atoms with Crippen molar-refractivity contribution in [2.24, 2.45) is 11.8 Å². The number of likely N-dealkylation sites (tertiary alicyclic amines) is 1. The van der Waals surface area contributed by atoms with E-state index < -0.39 is 5.60 Å². The van der Waals surface area contributed by atoms with Gasteiger partial charge in [-0.05, 0) is 39.0 Å². The average Bonchev–Trinajstić information content (AvgIpc) is 2.79. The maximum absolute atomic E-state index is 11.7. The first-order valence-corrected chi connectivity index (χ1v) is 5.53. The normalized spacial score (nSPS) is 34.7. The number of amides is 1. The monoisotopic (exact) mass is 213 g/mol. The largest absolute Gasteiger partial charge is 0.444 e. The van der Waals surface area contributed by atoms with Crippen LogP contribution in [0.1, 0.15) is 27.2 Å². The van der Waals surface area contributed by atoms with Crippen molar-refractivity contribution < 1.29 is 14.6 Å². The molecule has 0 spiro atoms. The summed E-state index contributed by atoms with van der Waals surface area (Å²) in [7, 11) is 0. The molecule has 1 saturated heterocycles. The molecule has 2 fully saturated rings. The van der Waals surface area contributed by atoms with E-state index in [4.69, 9.17) is 4.74 Å². The van der Waals surface area contributed by atoms with Gasteiger partial charge in [-0.15, -0.1) is 0 Å². The number of piperidine rings is 1. The SMILES string of the molecule is CC(C)(C)OC(=O)N1C[C@H]2C[C@H]2[C@@H](O)C1.